The van der Waals surface area contributed by atoms with Crippen LogP contribution in [0, 0.1) is 13.8 Å². The first-order valence-electron chi connectivity index (χ1n) is 9.61. The van der Waals surface area contributed by atoms with Crippen molar-refractivity contribution < 1.29 is 14.3 Å². The van der Waals surface area contributed by atoms with Crippen LogP contribution in [0.5, 0.6) is 0 Å². The van der Waals surface area contributed by atoms with Crippen molar-refractivity contribution in [3.8, 4) is 0 Å². The molecule has 2 aromatic rings. The molecule has 1 aliphatic rings. The highest BCUT2D eigenvalue weighted by Crippen LogP contribution is 2.28. The average molecular weight is 384 g/mol. The molecule has 1 aromatic heterocycles. The fourth-order valence-corrected chi connectivity index (χ4v) is 3.73. The molecule has 3 rings (SSSR count). The molecule has 1 fully saturated rings. The molecule has 0 radical (unpaired) electrons. The second kappa shape index (κ2) is 8.48. The third kappa shape index (κ3) is 3.89. The first-order valence-corrected chi connectivity index (χ1v) is 9.61. The highest BCUT2D eigenvalue weighted by molar-refractivity contribution is 6.08. The molecule has 150 valence electrons. The summed E-state index contributed by atoms with van der Waals surface area (Å²) in [5, 5.41) is 3.01. The van der Waals surface area contributed by atoms with E-state index in [0.717, 1.165) is 44.1 Å². The van der Waals surface area contributed by atoms with Crippen LogP contribution >= 0.6 is 0 Å². The van der Waals surface area contributed by atoms with E-state index >= 15 is 0 Å². The Bertz CT molecular complexity index is 867. The minimum absolute atomic E-state index is 0.268. The normalized spacial score (nSPS) is 14.8. The van der Waals surface area contributed by atoms with Gasteiger partial charge in [-0.2, -0.15) is 0 Å². The van der Waals surface area contributed by atoms with Crippen LogP contribution in [0.4, 0.5) is 11.4 Å². The lowest BCUT2D eigenvalue weighted by Crippen LogP contribution is -2.46. The van der Waals surface area contributed by atoms with Crippen molar-refractivity contribution in [1.82, 2.24) is 9.88 Å². The molecule has 28 heavy (non-hydrogen) atoms. The van der Waals surface area contributed by atoms with Gasteiger partial charge in [-0.15, -0.1) is 0 Å². The SMILES string of the molecule is CCN1CCN(c2ccccc2NC(=O)c2[nH]c(C)c(C(=O)OC)c2C)CC1. The molecule has 0 aliphatic carbocycles. The van der Waals surface area contributed by atoms with Crippen LogP contribution in [-0.4, -0.2) is 61.6 Å². The number of carbonyl (C=O) groups excluding carboxylic acids is 2. The third-order valence-electron chi connectivity index (χ3n) is 5.37. The van der Waals surface area contributed by atoms with Crippen molar-refractivity contribution >= 4 is 23.3 Å². The van der Waals surface area contributed by atoms with E-state index in [1.807, 2.05) is 24.3 Å². The van der Waals surface area contributed by atoms with Gasteiger partial charge in [0.2, 0.25) is 0 Å². The van der Waals surface area contributed by atoms with Gasteiger partial charge in [-0.1, -0.05) is 19.1 Å². The number of amides is 1. The summed E-state index contributed by atoms with van der Waals surface area (Å²) < 4.78 is 4.82. The number of aromatic amines is 1. The molecule has 1 aliphatic heterocycles. The summed E-state index contributed by atoms with van der Waals surface area (Å²) in [6.07, 6.45) is 0. The van der Waals surface area contributed by atoms with Crippen LogP contribution < -0.4 is 10.2 Å². The van der Waals surface area contributed by atoms with Gasteiger partial charge in [0.1, 0.15) is 5.69 Å². The molecular weight excluding hydrogens is 356 g/mol. The highest BCUT2D eigenvalue weighted by atomic mass is 16.5. The molecular formula is C21H28N4O3. The van der Waals surface area contributed by atoms with Crippen LogP contribution in [0.15, 0.2) is 24.3 Å². The fraction of sp³-hybridized carbons (Fsp3) is 0.429. The number of benzene rings is 1. The standard InChI is InChI=1S/C21H28N4O3/c1-5-24-10-12-25(13-11-24)17-9-7-6-8-16(17)23-20(26)19-14(2)18(15(3)22-19)21(27)28-4/h6-9,22H,5,10-13H2,1-4H3,(H,23,26). The lowest BCUT2D eigenvalue weighted by Gasteiger charge is -2.36. The molecule has 1 aromatic carbocycles. The third-order valence-corrected chi connectivity index (χ3v) is 5.37. The number of likely N-dealkylation sites (N-methyl/N-ethyl adjacent to an activating group) is 1. The number of rotatable bonds is 5. The highest BCUT2D eigenvalue weighted by Gasteiger charge is 2.24. The molecule has 0 spiro atoms. The number of nitrogens with one attached hydrogen (secondary N) is 2. The van der Waals surface area contributed by atoms with Crippen LogP contribution in [-0.2, 0) is 4.74 Å². The average Bonchev–Trinajstić information content (AvgIpc) is 3.02. The van der Waals surface area contributed by atoms with Crippen LogP contribution in [0.3, 0.4) is 0 Å². The zero-order valence-electron chi connectivity index (χ0n) is 17.0. The summed E-state index contributed by atoms with van der Waals surface area (Å²) in [4.78, 5) is 32.6. The maximum atomic E-state index is 12.9. The summed E-state index contributed by atoms with van der Waals surface area (Å²) in [6, 6.07) is 7.83. The second-order valence-corrected chi connectivity index (χ2v) is 7.01. The minimum atomic E-state index is -0.445. The van der Waals surface area contributed by atoms with Crippen molar-refractivity contribution in [1.29, 1.82) is 0 Å². The Balaban J connectivity index is 1.82. The Morgan fingerprint density at radius 3 is 2.46 bits per heavy atom. The number of hydrogen-bond acceptors (Lipinski definition) is 5. The summed E-state index contributed by atoms with van der Waals surface area (Å²) in [7, 11) is 1.34. The van der Waals surface area contributed by atoms with Crippen molar-refractivity contribution in [2.45, 2.75) is 20.8 Å². The van der Waals surface area contributed by atoms with Crippen molar-refractivity contribution in [3.63, 3.8) is 0 Å². The first kappa shape index (κ1) is 19.9. The summed E-state index contributed by atoms with van der Waals surface area (Å²) in [5.41, 5.74) is 3.79. The maximum Gasteiger partial charge on any atom is 0.339 e. The molecule has 2 heterocycles. The molecule has 7 nitrogen and oxygen atoms in total. The largest absolute Gasteiger partial charge is 0.465 e. The predicted molar refractivity (Wildman–Crippen MR) is 110 cm³/mol. The fourth-order valence-electron chi connectivity index (χ4n) is 3.73. The lowest BCUT2D eigenvalue weighted by atomic mass is 10.1. The number of hydrogen-bond donors (Lipinski definition) is 2. The van der Waals surface area contributed by atoms with Crippen molar-refractivity contribution in [3.05, 3.63) is 46.8 Å². The minimum Gasteiger partial charge on any atom is -0.465 e. The number of piperazine rings is 1. The molecule has 2 N–H and O–H groups in total. The Morgan fingerprint density at radius 1 is 1.14 bits per heavy atom. The van der Waals surface area contributed by atoms with Gasteiger partial charge in [0.15, 0.2) is 0 Å². The zero-order chi connectivity index (χ0) is 20.3. The Hall–Kier alpha value is -2.80. The number of methoxy groups -OCH3 is 1. The first-order chi connectivity index (χ1) is 13.5. The lowest BCUT2D eigenvalue weighted by molar-refractivity contribution is 0.0599. The molecule has 1 saturated heterocycles. The Morgan fingerprint density at radius 2 is 1.82 bits per heavy atom. The van der Waals surface area contributed by atoms with Gasteiger partial charge in [0, 0.05) is 31.9 Å². The molecule has 1 amide bonds. The number of para-hydroxylation sites is 2. The monoisotopic (exact) mass is 384 g/mol. The second-order valence-electron chi connectivity index (χ2n) is 7.01. The van der Waals surface area contributed by atoms with Gasteiger partial charge in [0.25, 0.3) is 5.91 Å². The smallest absolute Gasteiger partial charge is 0.339 e. The van der Waals surface area contributed by atoms with Gasteiger partial charge >= 0.3 is 5.97 Å². The quantitative estimate of drug-likeness (QED) is 0.775. The van der Waals surface area contributed by atoms with E-state index in [1.165, 1.54) is 7.11 Å². The van der Waals surface area contributed by atoms with E-state index in [-0.39, 0.29) is 5.91 Å². The van der Waals surface area contributed by atoms with Crippen LogP contribution in [0.1, 0.15) is 39.0 Å². The number of nitrogens with zero attached hydrogens (tertiary/aromatic N) is 2. The number of ether oxygens (including phenoxy) is 1. The van der Waals surface area contributed by atoms with Gasteiger partial charge < -0.3 is 24.8 Å². The number of aromatic nitrogens is 1. The maximum absolute atomic E-state index is 12.9. The number of H-pyrrole nitrogens is 1. The molecule has 0 unspecified atom stereocenters. The number of anilines is 2. The molecule has 0 atom stereocenters. The van der Waals surface area contributed by atoms with Gasteiger partial charge in [-0.25, -0.2) is 4.79 Å². The Labute approximate surface area is 165 Å². The topological polar surface area (TPSA) is 77.7 Å². The number of carbonyl (C=O) groups is 2. The summed E-state index contributed by atoms with van der Waals surface area (Å²) in [6.45, 7) is 10.6. The predicted octanol–water partition coefficient (Wildman–Crippen LogP) is 2.81. The number of aryl methyl sites for hydroxylation is 1. The van der Waals surface area contributed by atoms with Crippen molar-refractivity contribution in [2.24, 2.45) is 0 Å². The van der Waals surface area contributed by atoms with E-state index in [2.05, 4.69) is 27.0 Å². The summed E-state index contributed by atoms with van der Waals surface area (Å²) >= 11 is 0. The molecule has 0 bridgehead atoms. The van der Waals surface area contributed by atoms with Crippen molar-refractivity contribution in [2.75, 3.05) is 50.1 Å². The molecule has 7 heteroatoms. The van der Waals surface area contributed by atoms with E-state index < -0.39 is 5.97 Å². The van der Waals surface area contributed by atoms with Gasteiger partial charge in [-0.3, -0.25) is 4.79 Å². The van der Waals surface area contributed by atoms with E-state index in [4.69, 9.17) is 4.74 Å². The van der Waals surface area contributed by atoms with Gasteiger partial charge in [0.05, 0.1) is 24.0 Å². The molecule has 0 saturated carbocycles. The van der Waals surface area contributed by atoms with E-state index in [9.17, 15) is 9.59 Å². The summed E-state index contributed by atoms with van der Waals surface area (Å²) in [5.74, 6) is -0.713. The van der Waals surface area contributed by atoms with Gasteiger partial charge in [-0.05, 0) is 38.1 Å². The van der Waals surface area contributed by atoms with Crippen LogP contribution in [0.2, 0.25) is 0 Å². The van der Waals surface area contributed by atoms with E-state index in [0.29, 0.717) is 22.5 Å². The van der Waals surface area contributed by atoms with Crippen LogP contribution in [0.25, 0.3) is 0 Å². The van der Waals surface area contributed by atoms with E-state index in [1.54, 1.807) is 13.8 Å². The Kier molecular flexibility index (Phi) is 6.04. The zero-order valence-corrected chi connectivity index (χ0v) is 17.0. The number of esters is 1.